The molecule has 1 heterocycles. The highest BCUT2D eigenvalue weighted by atomic mass is 127. The summed E-state index contributed by atoms with van der Waals surface area (Å²) in [7, 11) is 0. The van der Waals surface area contributed by atoms with Gasteiger partial charge < -0.3 is 10.4 Å². The lowest BCUT2D eigenvalue weighted by atomic mass is 10.2. The zero-order valence-corrected chi connectivity index (χ0v) is 17.8. The number of carbonyl (C=O) groups is 2. The Labute approximate surface area is 166 Å². The van der Waals surface area contributed by atoms with E-state index < -0.39 is 5.97 Å². The molecule has 0 unspecified atom stereocenters. The minimum Gasteiger partial charge on any atom is -0.478 e. The van der Waals surface area contributed by atoms with Gasteiger partial charge in [0.2, 0.25) is 0 Å². The summed E-state index contributed by atoms with van der Waals surface area (Å²) in [6.07, 6.45) is 0. The SMILES string of the molecule is Cc1cc(C(=O)O)c(NC(=O)c2cc(I)cc(I)c2I)s1. The van der Waals surface area contributed by atoms with Crippen LogP contribution < -0.4 is 5.32 Å². The van der Waals surface area contributed by atoms with Crippen LogP contribution in [0.4, 0.5) is 5.00 Å². The minimum atomic E-state index is -1.04. The van der Waals surface area contributed by atoms with Crippen molar-refractivity contribution >= 4 is 96.0 Å². The van der Waals surface area contributed by atoms with E-state index in [0.717, 1.165) is 15.6 Å². The van der Waals surface area contributed by atoms with Crippen LogP contribution in [0.15, 0.2) is 18.2 Å². The van der Waals surface area contributed by atoms with Gasteiger partial charge in [-0.05, 0) is 92.9 Å². The molecular formula is C13H8I3NO3S. The first kappa shape index (κ1) is 17.4. The van der Waals surface area contributed by atoms with Gasteiger partial charge >= 0.3 is 5.97 Å². The predicted molar refractivity (Wildman–Crippen MR) is 109 cm³/mol. The number of carboxylic acid groups (broad SMARTS) is 1. The third-order valence-electron chi connectivity index (χ3n) is 2.55. The second-order valence-electron chi connectivity index (χ2n) is 4.11. The highest BCUT2D eigenvalue weighted by Crippen LogP contribution is 2.29. The summed E-state index contributed by atoms with van der Waals surface area (Å²) in [5, 5.41) is 12.2. The van der Waals surface area contributed by atoms with Gasteiger partial charge in [0.25, 0.3) is 5.91 Å². The lowest BCUT2D eigenvalue weighted by Gasteiger charge is -2.08. The molecule has 0 bridgehead atoms. The lowest BCUT2D eigenvalue weighted by Crippen LogP contribution is -2.15. The van der Waals surface area contributed by atoms with Crippen molar-refractivity contribution in [1.82, 2.24) is 0 Å². The number of hydrogen-bond acceptors (Lipinski definition) is 3. The van der Waals surface area contributed by atoms with Crippen molar-refractivity contribution in [3.63, 3.8) is 0 Å². The molecule has 21 heavy (non-hydrogen) atoms. The normalized spacial score (nSPS) is 10.5. The molecule has 0 aliphatic carbocycles. The number of carboxylic acids is 1. The number of carbonyl (C=O) groups excluding carboxylic acids is 1. The average molecular weight is 639 g/mol. The number of halogens is 3. The Balaban J connectivity index is 2.37. The first-order valence-electron chi connectivity index (χ1n) is 5.59. The fourth-order valence-electron chi connectivity index (χ4n) is 1.66. The molecule has 8 heteroatoms. The van der Waals surface area contributed by atoms with Gasteiger partial charge in [0.05, 0.1) is 11.1 Å². The molecule has 0 radical (unpaired) electrons. The number of benzene rings is 1. The van der Waals surface area contributed by atoms with Crippen molar-refractivity contribution in [2.45, 2.75) is 6.92 Å². The smallest absolute Gasteiger partial charge is 0.338 e. The summed E-state index contributed by atoms with van der Waals surface area (Å²) in [6, 6.07) is 5.34. The van der Waals surface area contributed by atoms with Crippen molar-refractivity contribution in [3.05, 3.63) is 44.9 Å². The van der Waals surface area contributed by atoms with E-state index in [9.17, 15) is 9.59 Å². The van der Waals surface area contributed by atoms with E-state index >= 15 is 0 Å². The topological polar surface area (TPSA) is 66.4 Å². The number of aromatic carboxylic acids is 1. The molecule has 0 aliphatic heterocycles. The Kier molecular flexibility index (Phi) is 5.87. The van der Waals surface area contributed by atoms with Gasteiger partial charge in [0, 0.05) is 15.6 Å². The number of anilines is 1. The number of aryl methyl sites for hydroxylation is 1. The Morgan fingerprint density at radius 3 is 2.43 bits per heavy atom. The van der Waals surface area contributed by atoms with E-state index in [0.29, 0.717) is 10.6 Å². The third-order valence-corrected chi connectivity index (χ3v) is 7.18. The Hall–Kier alpha value is 0.0500. The van der Waals surface area contributed by atoms with Crippen molar-refractivity contribution in [1.29, 1.82) is 0 Å². The van der Waals surface area contributed by atoms with Crippen LogP contribution in [0.3, 0.4) is 0 Å². The maximum absolute atomic E-state index is 12.4. The van der Waals surface area contributed by atoms with Crippen LogP contribution in [0.1, 0.15) is 25.6 Å². The fourth-order valence-corrected chi connectivity index (χ4v) is 4.96. The molecule has 1 amide bonds. The summed E-state index contributed by atoms with van der Waals surface area (Å²) >= 11 is 7.71. The number of thiophene rings is 1. The van der Waals surface area contributed by atoms with Gasteiger partial charge in [-0.1, -0.05) is 0 Å². The maximum Gasteiger partial charge on any atom is 0.338 e. The number of hydrogen-bond donors (Lipinski definition) is 2. The number of nitrogens with one attached hydrogen (secondary N) is 1. The fraction of sp³-hybridized carbons (Fsp3) is 0.0769. The molecule has 2 N–H and O–H groups in total. The first-order valence-corrected chi connectivity index (χ1v) is 9.64. The zero-order chi connectivity index (χ0) is 15.7. The van der Waals surface area contributed by atoms with Crippen LogP contribution in [0, 0.1) is 17.6 Å². The van der Waals surface area contributed by atoms with Crippen LogP contribution in [-0.4, -0.2) is 17.0 Å². The van der Waals surface area contributed by atoms with Gasteiger partial charge in [-0.25, -0.2) is 4.79 Å². The molecule has 110 valence electrons. The van der Waals surface area contributed by atoms with E-state index in [1.54, 1.807) is 12.1 Å². The van der Waals surface area contributed by atoms with Gasteiger partial charge in [0.1, 0.15) is 5.00 Å². The Bertz CT molecular complexity index is 743. The van der Waals surface area contributed by atoms with Crippen molar-refractivity contribution in [2.24, 2.45) is 0 Å². The van der Waals surface area contributed by atoms with Gasteiger partial charge in [-0.2, -0.15) is 0 Å². The van der Waals surface area contributed by atoms with Crippen molar-refractivity contribution in [2.75, 3.05) is 5.32 Å². The standard InChI is InChI=1S/C13H8I3NO3S/c1-5-2-8(13(19)20)12(21-5)17-11(18)7-3-6(14)4-9(15)10(7)16/h2-4H,1H3,(H,17,18)(H,19,20). The molecule has 0 atom stereocenters. The van der Waals surface area contributed by atoms with Crippen LogP contribution in [-0.2, 0) is 0 Å². The molecule has 0 saturated heterocycles. The van der Waals surface area contributed by atoms with E-state index in [4.69, 9.17) is 5.11 Å². The molecule has 1 aromatic carbocycles. The molecule has 1 aromatic heterocycles. The largest absolute Gasteiger partial charge is 0.478 e. The summed E-state index contributed by atoms with van der Waals surface area (Å²) in [6.45, 7) is 1.81. The second-order valence-corrected chi connectivity index (χ2v) is 8.85. The second kappa shape index (κ2) is 7.08. The van der Waals surface area contributed by atoms with E-state index in [1.165, 1.54) is 11.3 Å². The van der Waals surface area contributed by atoms with Crippen LogP contribution in [0.2, 0.25) is 0 Å². The van der Waals surface area contributed by atoms with Crippen LogP contribution >= 0.6 is 79.1 Å². The molecule has 2 rings (SSSR count). The van der Waals surface area contributed by atoms with Crippen molar-refractivity contribution < 1.29 is 14.7 Å². The average Bonchev–Trinajstić information content (AvgIpc) is 2.74. The summed E-state index contributed by atoms with van der Waals surface area (Å²) in [4.78, 5) is 24.4. The molecule has 2 aromatic rings. The van der Waals surface area contributed by atoms with E-state index in [1.807, 2.05) is 13.0 Å². The zero-order valence-electron chi connectivity index (χ0n) is 10.5. The molecule has 0 saturated carbocycles. The quantitative estimate of drug-likeness (QED) is 0.375. The van der Waals surface area contributed by atoms with E-state index in [2.05, 4.69) is 73.1 Å². The van der Waals surface area contributed by atoms with Gasteiger partial charge in [-0.15, -0.1) is 11.3 Å². The monoisotopic (exact) mass is 639 g/mol. The molecule has 0 spiro atoms. The minimum absolute atomic E-state index is 0.126. The number of rotatable bonds is 3. The summed E-state index contributed by atoms with van der Waals surface area (Å²) in [5.41, 5.74) is 0.676. The summed E-state index contributed by atoms with van der Waals surface area (Å²) in [5.74, 6) is -1.33. The molecule has 4 nitrogen and oxygen atoms in total. The van der Waals surface area contributed by atoms with Crippen LogP contribution in [0.5, 0.6) is 0 Å². The maximum atomic E-state index is 12.4. The molecule has 0 fully saturated rings. The summed E-state index contributed by atoms with van der Waals surface area (Å²) < 4.78 is 2.81. The van der Waals surface area contributed by atoms with Gasteiger partial charge in [0.15, 0.2) is 0 Å². The van der Waals surface area contributed by atoms with E-state index in [-0.39, 0.29) is 11.5 Å². The van der Waals surface area contributed by atoms with Crippen molar-refractivity contribution in [3.8, 4) is 0 Å². The number of amides is 1. The third kappa shape index (κ3) is 4.07. The Morgan fingerprint density at radius 2 is 1.81 bits per heavy atom. The highest BCUT2D eigenvalue weighted by Gasteiger charge is 2.19. The highest BCUT2D eigenvalue weighted by molar-refractivity contribution is 14.1. The van der Waals surface area contributed by atoms with Gasteiger partial charge in [-0.3, -0.25) is 4.79 Å². The van der Waals surface area contributed by atoms with Crippen LogP contribution in [0.25, 0.3) is 0 Å². The first-order chi connectivity index (χ1) is 9.79. The Morgan fingerprint density at radius 1 is 1.14 bits per heavy atom. The molecular weight excluding hydrogens is 631 g/mol. The lowest BCUT2D eigenvalue weighted by molar-refractivity contribution is 0.0698. The predicted octanol–water partition coefficient (Wildman–Crippen LogP) is 4.82. The molecule has 0 aliphatic rings.